The number of benzene rings is 1. The smallest absolute Gasteiger partial charge is 0.100 e. The maximum atomic E-state index is 10.5. The molecule has 0 spiro atoms. The van der Waals surface area contributed by atoms with Crippen LogP contribution in [-0.4, -0.2) is 5.11 Å². The summed E-state index contributed by atoms with van der Waals surface area (Å²) in [6, 6.07) is 8.22. The maximum absolute atomic E-state index is 10.5. The van der Waals surface area contributed by atoms with Gasteiger partial charge in [-0.3, -0.25) is 0 Å². The Labute approximate surface area is 117 Å². The predicted molar refractivity (Wildman–Crippen MR) is 81.0 cm³/mol. The number of allylic oxidation sites excluding steroid dienone is 1. The molecule has 0 saturated carbocycles. The van der Waals surface area contributed by atoms with Gasteiger partial charge in [-0.2, -0.15) is 0 Å². The second kappa shape index (κ2) is 5.50. The molecule has 0 amide bonds. The molecule has 0 saturated heterocycles. The topological polar surface area (TPSA) is 20.2 Å². The molecule has 2 atom stereocenters. The zero-order valence-corrected chi connectivity index (χ0v) is 12.6. The van der Waals surface area contributed by atoms with Crippen LogP contribution in [0.25, 0.3) is 0 Å². The highest BCUT2D eigenvalue weighted by atomic mass is 16.3. The molecular formula is C18H26O. The molecule has 1 aromatic carbocycles. The Morgan fingerprint density at radius 2 is 1.79 bits per heavy atom. The van der Waals surface area contributed by atoms with E-state index < -0.39 is 6.10 Å². The quantitative estimate of drug-likeness (QED) is 0.755. The Bertz CT molecular complexity index is 448. The predicted octanol–water partition coefficient (Wildman–Crippen LogP) is 4.80. The van der Waals surface area contributed by atoms with E-state index in [0.29, 0.717) is 5.41 Å². The molecule has 0 radical (unpaired) electrons. The molecule has 2 rings (SSSR count). The molecule has 104 valence electrons. The molecular weight excluding hydrogens is 232 g/mol. The van der Waals surface area contributed by atoms with E-state index in [1.54, 1.807) is 0 Å². The number of hydrogen-bond acceptors (Lipinski definition) is 1. The number of aliphatic hydroxyl groups is 1. The fourth-order valence-electron chi connectivity index (χ4n) is 2.85. The summed E-state index contributed by atoms with van der Waals surface area (Å²) in [7, 11) is 0. The van der Waals surface area contributed by atoms with Crippen LogP contribution in [0.1, 0.15) is 57.3 Å². The number of hydrogen-bond donors (Lipinski definition) is 1. The van der Waals surface area contributed by atoms with Gasteiger partial charge in [0.25, 0.3) is 0 Å². The molecule has 2 unspecified atom stereocenters. The molecule has 0 bridgehead atoms. The molecule has 0 heterocycles. The zero-order chi connectivity index (χ0) is 14.0. The van der Waals surface area contributed by atoms with Crippen LogP contribution in [0.15, 0.2) is 35.9 Å². The van der Waals surface area contributed by atoms with Gasteiger partial charge in [-0.15, -0.1) is 0 Å². The highest BCUT2D eigenvalue weighted by Crippen LogP contribution is 2.40. The number of aryl methyl sites for hydroxylation is 1. The highest BCUT2D eigenvalue weighted by molar-refractivity contribution is 5.29. The van der Waals surface area contributed by atoms with Crippen molar-refractivity contribution < 1.29 is 5.11 Å². The van der Waals surface area contributed by atoms with E-state index in [2.05, 4.69) is 45.9 Å². The summed E-state index contributed by atoms with van der Waals surface area (Å²) in [5.41, 5.74) is 3.83. The summed E-state index contributed by atoms with van der Waals surface area (Å²) < 4.78 is 0. The molecule has 1 nitrogen and oxygen atoms in total. The Hall–Kier alpha value is -1.08. The summed E-state index contributed by atoms with van der Waals surface area (Å²) in [6.07, 6.45) is 5.17. The monoisotopic (exact) mass is 258 g/mol. The molecule has 1 heteroatoms. The van der Waals surface area contributed by atoms with E-state index in [0.717, 1.165) is 24.3 Å². The van der Waals surface area contributed by atoms with Gasteiger partial charge < -0.3 is 5.11 Å². The van der Waals surface area contributed by atoms with Crippen LogP contribution in [0.2, 0.25) is 0 Å². The lowest BCUT2D eigenvalue weighted by molar-refractivity contribution is 0.183. The normalized spacial score (nSPS) is 21.9. The van der Waals surface area contributed by atoms with Crippen molar-refractivity contribution in [3.8, 4) is 0 Å². The van der Waals surface area contributed by atoms with Crippen LogP contribution in [0.3, 0.4) is 0 Å². The number of rotatable bonds is 2. The minimum absolute atomic E-state index is 0.372. The second-order valence-corrected chi connectivity index (χ2v) is 6.93. The van der Waals surface area contributed by atoms with E-state index in [1.807, 2.05) is 12.1 Å². The van der Waals surface area contributed by atoms with Crippen molar-refractivity contribution in [1.82, 2.24) is 0 Å². The van der Waals surface area contributed by atoms with Crippen molar-refractivity contribution >= 4 is 0 Å². The van der Waals surface area contributed by atoms with E-state index in [4.69, 9.17) is 0 Å². The van der Waals surface area contributed by atoms with Gasteiger partial charge in [-0.05, 0) is 48.7 Å². The fourth-order valence-corrected chi connectivity index (χ4v) is 2.85. The van der Waals surface area contributed by atoms with E-state index >= 15 is 0 Å². The third kappa shape index (κ3) is 3.48. The Kier molecular flexibility index (Phi) is 4.15. The summed E-state index contributed by atoms with van der Waals surface area (Å²) in [5, 5.41) is 10.5. The van der Waals surface area contributed by atoms with Gasteiger partial charge in [0.2, 0.25) is 0 Å². The minimum atomic E-state index is -0.415. The van der Waals surface area contributed by atoms with Crippen molar-refractivity contribution in [2.24, 2.45) is 11.3 Å². The molecule has 1 aromatic rings. The summed E-state index contributed by atoms with van der Waals surface area (Å²) >= 11 is 0. The fraction of sp³-hybridized carbons (Fsp3) is 0.556. The van der Waals surface area contributed by atoms with Gasteiger partial charge in [0.1, 0.15) is 6.10 Å². The van der Waals surface area contributed by atoms with Crippen LogP contribution in [0.5, 0.6) is 0 Å². The first-order valence-corrected chi connectivity index (χ1v) is 7.31. The van der Waals surface area contributed by atoms with Gasteiger partial charge in [0.15, 0.2) is 0 Å². The number of aliphatic hydroxyl groups excluding tert-OH is 1. The van der Waals surface area contributed by atoms with E-state index in [1.165, 1.54) is 17.6 Å². The van der Waals surface area contributed by atoms with E-state index in [-0.39, 0.29) is 0 Å². The molecule has 1 aliphatic rings. The SMILES string of the molecule is Cc1ccc(C(O)C2=CCC(C(C)(C)C)CC2)cc1. The lowest BCUT2D eigenvalue weighted by Gasteiger charge is -2.34. The van der Waals surface area contributed by atoms with Crippen LogP contribution >= 0.6 is 0 Å². The van der Waals surface area contributed by atoms with Crippen molar-refractivity contribution in [2.75, 3.05) is 0 Å². The average molecular weight is 258 g/mol. The van der Waals surface area contributed by atoms with Gasteiger partial charge in [-0.1, -0.05) is 56.7 Å². The van der Waals surface area contributed by atoms with Crippen LogP contribution in [-0.2, 0) is 0 Å². The first-order chi connectivity index (χ1) is 8.88. The van der Waals surface area contributed by atoms with Gasteiger partial charge in [0.05, 0.1) is 0 Å². The average Bonchev–Trinajstić information content (AvgIpc) is 2.38. The summed E-state index contributed by atoms with van der Waals surface area (Å²) in [5.74, 6) is 0.737. The maximum Gasteiger partial charge on any atom is 0.100 e. The van der Waals surface area contributed by atoms with E-state index in [9.17, 15) is 5.11 Å². The van der Waals surface area contributed by atoms with Crippen molar-refractivity contribution in [1.29, 1.82) is 0 Å². The van der Waals surface area contributed by atoms with Crippen molar-refractivity contribution in [3.05, 3.63) is 47.0 Å². The van der Waals surface area contributed by atoms with Gasteiger partial charge >= 0.3 is 0 Å². The van der Waals surface area contributed by atoms with Crippen LogP contribution < -0.4 is 0 Å². The summed E-state index contributed by atoms with van der Waals surface area (Å²) in [6.45, 7) is 9.01. The Morgan fingerprint density at radius 1 is 1.16 bits per heavy atom. The molecule has 0 aliphatic heterocycles. The molecule has 19 heavy (non-hydrogen) atoms. The molecule has 1 aliphatic carbocycles. The zero-order valence-electron chi connectivity index (χ0n) is 12.6. The largest absolute Gasteiger partial charge is 0.384 e. The van der Waals surface area contributed by atoms with Gasteiger partial charge in [-0.25, -0.2) is 0 Å². The van der Waals surface area contributed by atoms with Crippen LogP contribution in [0.4, 0.5) is 0 Å². The Morgan fingerprint density at radius 3 is 2.26 bits per heavy atom. The minimum Gasteiger partial charge on any atom is -0.384 e. The van der Waals surface area contributed by atoms with Crippen molar-refractivity contribution in [2.45, 2.75) is 53.1 Å². The molecule has 0 fully saturated rings. The lowest BCUT2D eigenvalue weighted by atomic mass is 9.72. The lowest BCUT2D eigenvalue weighted by Crippen LogP contribution is -2.23. The third-order valence-corrected chi connectivity index (χ3v) is 4.42. The molecule has 1 N–H and O–H groups in total. The summed E-state index contributed by atoms with van der Waals surface area (Å²) in [4.78, 5) is 0. The highest BCUT2D eigenvalue weighted by Gasteiger charge is 2.27. The Balaban J connectivity index is 2.07. The van der Waals surface area contributed by atoms with Gasteiger partial charge in [0, 0.05) is 0 Å². The van der Waals surface area contributed by atoms with Crippen LogP contribution in [0, 0.1) is 18.3 Å². The standard InChI is InChI=1S/C18H26O/c1-13-5-7-14(8-6-13)17(19)15-9-11-16(12-10-15)18(2,3)4/h5-9,16-17,19H,10-12H2,1-4H3. The first-order valence-electron chi connectivity index (χ1n) is 7.31. The second-order valence-electron chi connectivity index (χ2n) is 6.93. The van der Waals surface area contributed by atoms with Crippen molar-refractivity contribution in [3.63, 3.8) is 0 Å². The molecule has 0 aromatic heterocycles. The first kappa shape index (κ1) is 14.3. The third-order valence-electron chi connectivity index (χ3n) is 4.42.